The molecule has 4 aromatic carbocycles. The molecule has 0 unspecified atom stereocenters. The summed E-state index contributed by atoms with van der Waals surface area (Å²) in [4.78, 5) is 2.40. The number of fused-ring (bicyclic) bond motifs is 5. The average Bonchev–Trinajstić information content (AvgIpc) is 3.18. The van der Waals surface area contributed by atoms with Crippen LogP contribution in [0.2, 0.25) is 0 Å². The van der Waals surface area contributed by atoms with E-state index < -0.39 is 0 Å². The van der Waals surface area contributed by atoms with Gasteiger partial charge < -0.3 is 9.47 Å². The highest BCUT2D eigenvalue weighted by Gasteiger charge is 2.32. The lowest BCUT2D eigenvalue weighted by Crippen LogP contribution is -2.11. The van der Waals surface area contributed by atoms with Gasteiger partial charge in [0.2, 0.25) is 0 Å². The molecule has 36 heavy (non-hydrogen) atoms. The monoisotopic (exact) mass is 464 g/mol. The minimum Gasteiger partial charge on any atom is -0.309 e. The van der Waals surface area contributed by atoms with Crippen LogP contribution in [0.25, 0.3) is 40.2 Å². The second-order valence-corrected chi connectivity index (χ2v) is 9.11. The van der Waals surface area contributed by atoms with Crippen LogP contribution in [0.3, 0.4) is 0 Å². The minimum atomic E-state index is 1.10. The molecule has 0 spiro atoms. The lowest BCUT2D eigenvalue weighted by molar-refractivity contribution is 1.07. The molecule has 2 nitrogen and oxygen atoms in total. The number of aryl methyl sites for hydroxylation is 1. The Morgan fingerprint density at radius 3 is 2.03 bits per heavy atom. The van der Waals surface area contributed by atoms with Gasteiger partial charge in [0.15, 0.2) is 0 Å². The Morgan fingerprint density at radius 2 is 1.33 bits per heavy atom. The number of hydrogen-bond acceptors (Lipinski definition) is 1. The standard InChI is InChI=1S/C34H28N2/c1-4-14-27-30(5-2)36(26-17-10-7-11-18-26)34-28-19-12-13-20-31(28)35(25-15-8-6-9-16-25)32-22-21-24(3)23-29(32)33(27)34/h4-23H,2H2,1,3H3/b14-4-. The van der Waals surface area contributed by atoms with Crippen LogP contribution in [0.15, 0.2) is 116 Å². The van der Waals surface area contributed by atoms with Gasteiger partial charge in [-0.25, -0.2) is 0 Å². The second kappa shape index (κ2) is 8.90. The van der Waals surface area contributed by atoms with E-state index in [0.29, 0.717) is 0 Å². The molecule has 5 aromatic rings. The van der Waals surface area contributed by atoms with Crippen molar-refractivity contribution in [1.82, 2.24) is 4.57 Å². The summed E-state index contributed by atoms with van der Waals surface area (Å²) in [6.07, 6.45) is 6.34. The van der Waals surface area contributed by atoms with Gasteiger partial charge in [-0.05, 0) is 62.4 Å². The average molecular weight is 465 g/mol. The molecule has 0 saturated carbocycles. The summed E-state index contributed by atoms with van der Waals surface area (Å²) in [5, 5.41) is 0. The summed E-state index contributed by atoms with van der Waals surface area (Å²) in [5.41, 5.74) is 12.9. The molecule has 1 aromatic heterocycles. The van der Waals surface area contributed by atoms with Gasteiger partial charge in [-0.2, -0.15) is 0 Å². The molecule has 2 heteroatoms. The first-order valence-electron chi connectivity index (χ1n) is 12.4. The van der Waals surface area contributed by atoms with Crippen LogP contribution in [0, 0.1) is 6.92 Å². The van der Waals surface area contributed by atoms with Crippen LogP contribution in [0.1, 0.15) is 23.7 Å². The van der Waals surface area contributed by atoms with E-state index in [0.717, 1.165) is 22.8 Å². The highest BCUT2D eigenvalue weighted by atomic mass is 15.2. The van der Waals surface area contributed by atoms with Crippen LogP contribution in [0.4, 0.5) is 17.1 Å². The highest BCUT2D eigenvalue weighted by Crippen LogP contribution is 2.54. The largest absolute Gasteiger partial charge is 0.309 e. The third-order valence-electron chi connectivity index (χ3n) is 6.86. The quantitative estimate of drug-likeness (QED) is 0.252. The molecule has 0 aliphatic carbocycles. The van der Waals surface area contributed by atoms with Crippen LogP contribution >= 0.6 is 0 Å². The van der Waals surface area contributed by atoms with Gasteiger partial charge >= 0.3 is 0 Å². The van der Waals surface area contributed by atoms with Crippen molar-refractivity contribution in [2.75, 3.05) is 4.90 Å². The highest BCUT2D eigenvalue weighted by molar-refractivity contribution is 6.06. The molecule has 1 aliphatic rings. The third kappa shape index (κ3) is 3.34. The van der Waals surface area contributed by atoms with Crippen LogP contribution < -0.4 is 4.90 Å². The van der Waals surface area contributed by atoms with Crippen molar-refractivity contribution >= 4 is 29.2 Å². The van der Waals surface area contributed by atoms with E-state index in [1.54, 1.807) is 0 Å². The molecule has 0 fully saturated rings. The molecule has 0 bridgehead atoms. The summed E-state index contributed by atoms with van der Waals surface area (Å²) in [5.74, 6) is 0. The first-order chi connectivity index (χ1) is 17.7. The summed E-state index contributed by atoms with van der Waals surface area (Å²) in [7, 11) is 0. The van der Waals surface area contributed by atoms with Gasteiger partial charge in [0.25, 0.3) is 0 Å². The van der Waals surface area contributed by atoms with Crippen molar-refractivity contribution in [3.8, 4) is 28.1 Å². The fourth-order valence-electron chi connectivity index (χ4n) is 5.42. The first kappa shape index (κ1) is 21.9. The summed E-state index contributed by atoms with van der Waals surface area (Å²) in [6.45, 7) is 8.50. The summed E-state index contributed by atoms with van der Waals surface area (Å²) >= 11 is 0. The van der Waals surface area contributed by atoms with E-state index in [9.17, 15) is 0 Å². The van der Waals surface area contributed by atoms with E-state index in [2.05, 4.69) is 145 Å². The van der Waals surface area contributed by atoms with Gasteiger partial charge in [0, 0.05) is 33.6 Å². The lowest BCUT2D eigenvalue weighted by atomic mass is 9.95. The normalized spacial score (nSPS) is 12.1. The zero-order valence-electron chi connectivity index (χ0n) is 20.6. The van der Waals surface area contributed by atoms with Crippen LogP contribution in [0.5, 0.6) is 0 Å². The molecule has 0 atom stereocenters. The molecule has 0 N–H and O–H groups in total. The van der Waals surface area contributed by atoms with E-state index in [4.69, 9.17) is 0 Å². The molecule has 1 aliphatic heterocycles. The van der Waals surface area contributed by atoms with Crippen molar-refractivity contribution in [3.63, 3.8) is 0 Å². The number of rotatable bonds is 4. The topological polar surface area (TPSA) is 8.17 Å². The fourth-order valence-corrected chi connectivity index (χ4v) is 5.42. The maximum atomic E-state index is 4.25. The zero-order valence-corrected chi connectivity index (χ0v) is 20.6. The molecular formula is C34H28N2. The molecular weight excluding hydrogens is 436 g/mol. The summed E-state index contributed by atoms with van der Waals surface area (Å²) in [6, 6.07) is 36.8. The number of para-hydroxylation sites is 3. The van der Waals surface area contributed by atoms with E-state index in [1.165, 1.54) is 39.2 Å². The van der Waals surface area contributed by atoms with Crippen molar-refractivity contribution < 1.29 is 0 Å². The molecule has 174 valence electrons. The fraction of sp³-hybridized carbons (Fsp3) is 0.0588. The molecule has 2 heterocycles. The van der Waals surface area contributed by atoms with Gasteiger partial charge in [0.05, 0.1) is 22.8 Å². The zero-order chi connectivity index (χ0) is 24.6. The molecule has 6 rings (SSSR count). The Balaban J connectivity index is 1.85. The Morgan fingerprint density at radius 1 is 0.694 bits per heavy atom. The number of benzene rings is 4. The number of anilines is 3. The second-order valence-electron chi connectivity index (χ2n) is 9.11. The lowest BCUT2D eigenvalue weighted by Gasteiger charge is -2.27. The minimum absolute atomic E-state index is 1.10. The van der Waals surface area contributed by atoms with Crippen molar-refractivity contribution in [1.29, 1.82) is 0 Å². The number of aromatic nitrogens is 1. The van der Waals surface area contributed by atoms with Crippen LogP contribution in [-0.4, -0.2) is 4.57 Å². The molecule has 0 radical (unpaired) electrons. The van der Waals surface area contributed by atoms with Crippen molar-refractivity contribution in [2.24, 2.45) is 0 Å². The van der Waals surface area contributed by atoms with Gasteiger partial charge in [0.1, 0.15) is 0 Å². The SMILES string of the molecule is C=Cc1c(/C=C\C)c2c(n1-c1ccccc1)-c1ccccc1N(c1ccccc1)c1ccc(C)cc1-2. The van der Waals surface area contributed by atoms with Gasteiger partial charge in [-0.3, -0.25) is 0 Å². The van der Waals surface area contributed by atoms with Gasteiger partial charge in [-0.15, -0.1) is 0 Å². The maximum absolute atomic E-state index is 4.25. The number of nitrogens with zero attached hydrogens (tertiary/aromatic N) is 2. The molecule has 0 saturated heterocycles. The van der Waals surface area contributed by atoms with E-state index in [-0.39, 0.29) is 0 Å². The maximum Gasteiger partial charge on any atom is 0.0641 e. The Bertz CT molecular complexity index is 1600. The summed E-state index contributed by atoms with van der Waals surface area (Å²) < 4.78 is 2.37. The predicted octanol–water partition coefficient (Wildman–Crippen LogP) is 9.58. The van der Waals surface area contributed by atoms with Crippen molar-refractivity contribution in [2.45, 2.75) is 13.8 Å². The Kier molecular flexibility index (Phi) is 5.42. The Labute approximate surface area is 213 Å². The Hall–Kier alpha value is -4.56. The van der Waals surface area contributed by atoms with E-state index >= 15 is 0 Å². The number of allylic oxidation sites excluding steroid dienone is 1. The van der Waals surface area contributed by atoms with E-state index in [1.807, 2.05) is 6.08 Å². The van der Waals surface area contributed by atoms with Crippen molar-refractivity contribution in [3.05, 3.63) is 133 Å². The first-order valence-corrected chi connectivity index (χ1v) is 12.4. The predicted molar refractivity (Wildman–Crippen MR) is 154 cm³/mol. The number of hydrogen-bond donors (Lipinski definition) is 0. The molecule has 0 amide bonds. The third-order valence-corrected chi connectivity index (χ3v) is 6.86. The van der Waals surface area contributed by atoms with Crippen LogP contribution in [-0.2, 0) is 0 Å². The van der Waals surface area contributed by atoms with Gasteiger partial charge in [-0.1, -0.05) is 85.0 Å². The smallest absolute Gasteiger partial charge is 0.0641 e.